The molecule has 0 aliphatic carbocycles. The first-order chi connectivity index (χ1) is 18.7. The second-order valence-electron chi connectivity index (χ2n) is 12.4. The average Bonchev–Trinajstić information content (AvgIpc) is 2.88. The molecule has 0 rings (SSSR count). The first kappa shape index (κ1) is 38.0. The van der Waals surface area contributed by atoms with Crippen molar-refractivity contribution < 1.29 is 19.5 Å². The molecule has 2 unspecified atom stereocenters. The molecule has 0 saturated heterocycles. The topological polar surface area (TPSA) is 84.8 Å². The number of quaternary nitrogens is 1. The van der Waals surface area contributed by atoms with Crippen molar-refractivity contribution >= 4 is 5.91 Å². The third-order valence-corrected chi connectivity index (χ3v) is 7.39. The summed E-state index contributed by atoms with van der Waals surface area (Å²) in [6.07, 6.45) is 22.7. The number of aliphatic hydroxyl groups is 2. The van der Waals surface area contributed by atoms with E-state index in [1.165, 1.54) is 57.8 Å². The van der Waals surface area contributed by atoms with E-state index in [9.17, 15) is 15.0 Å². The van der Waals surface area contributed by atoms with Crippen LogP contribution in [0.25, 0.3) is 0 Å². The lowest BCUT2D eigenvalue weighted by Gasteiger charge is -2.31. The summed E-state index contributed by atoms with van der Waals surface area (Å²) in [5, 5.41) is 26.1. The molecule has 7 heteroatoms. The molecular weight excluding hydrogens is 488 g/mol. The zero-order valence-corrected chi connectivity index (χ0v) is 26.6. The molecule has 0 aromatic carbocycles. The van der Waals surface area contributed by atoms with Crippen molar-refractivity contribution in [1.82, 2.24) is 15.5 Å². The predicted octanol–water partition coefficient (Wildman–Crippen LogP) is 5.22. The third kappa shape index (κ3) is 28.3. The molecule has 1 amide bonds. The third-order valence-electron chi connectivity index (χ3n) is 7.39. The Balaban J connectivity index is 3.41. The molecule has 0 aliphatic heterocycles. The van der Waals surface area contributed by atoms with Gasteiger partial charge in [0.25, 0.3) is 0 Å². The Morgan fingerprint density at radius 1 is 0.821 bits per heavy atom. The van der Waals surface area contributed by atoms with E-state index in [2.05, 4.69) is 55.9 Å². The van der Waals surface area contributed by atoms with Gasteiger partial charge in [0.2, 0.25) is 5.91 Å². The number of unbranched alkanes of at least 4 members (excludes halogenated alkanes) is 10. The fourth-order valence-electron chi connectivity index (χ4n) is 4.82. The standard InChI is InChI=1S/C32H66N4O3/c1-6-30(37)29-36(4,5)28-22-26-34-32(39)24-20-18-16-14-12-10-8-7-9-11-13-15-17-19-23-31(38)33-25-21-27-35(2)3/h7-8,30-31,33,37-38H,6,9-29H2,1-5H3/p+1/b8-7+. The number of carbonyl (C=O) groups is 1. The molecule has 0 aliphatic rings. The lowest BCUT2D eigenvalue weighted by atomic mass is 10.1. The van der Waals surface area contributed by atoms with Gasteiger partial charge < -0.3 is 24.9 Å². The van der Waals surface area contributed by atoms with Gasteiger partial charge >= 0.3 is 0 Å². The van der Waals surface area contributed by atoms with Crippen LogP contribution in [0.15, 0.2) is 12.2 Å². The van der Waals surface area contributed by atoms with Crippen LogP contribution in [0.3, 0.4) is 0 Å². The molecule has 0 bridgehead atoms. The normalized spacial score (nSPS) is 13.8. The molecule has 0 heterocycles. The first-order valence-corrected chi connectivity index (χ1v) is 16.1. The van der Waals surface area contributed by atoms with E-state index in [0.29, 0.717) is 6.42 Å². The van der Waals surface area contributed by atoms with E-state index in [1.807, 2.05) is 6.92 Å². The lowest BCUT2D eigenvalue weighted by Crippen LogP contribution is -2.46. The number of carbonyl (C=O) groups excluding carboxylic acids is 1. The van der Waals surface area contributed by atoms with Crippen molar-refractivity contribution in [2.75, 3.05) is 60.9 Å². The fraction of sp³-hybridized carbons (Fsp3) is 0.906. The minimum absolute atomic E-state index is 0.178. The van der Waals surface area contributed by atoms with E-state index in [1.54, 1.807) is 0 Å². The molecular formula is C32H67N4O3+. The predicted molar refractivity (Wildman–Crippen MR) is 167 cm³/mol. The summed E-state index contributed by atoms with van der Waals surface area (Å²) in [4.78, 5) is 14.2. The number of hydrogen-bond acceptors (Lipinski definition) is 5. The minimum atomic E-state index is -0.348. The molecule has 39 heavy (non-hydrogen) atoms. The van der Waals surface area contributed by atoms with Crippen LogP contribution in [0, 0.1) is 0 Å². The van der Waals surface area contributed by atoms with Crippen molar-refractivity contribution in [3.8, 4) is 0 Å². The van der Waals surface area contributed by atoms with Crippen LogP contribution in [0.4, 0.5) is 0 Å². The molecule has 0 radical (unpaired) electrons. The summed E-state index contributed by atoms with van der Waals surface area (Å²) in [6, 6.07) is 0. The molecule has 0 aromatic heterocycles. The van der Waals surface area contributed by atoms with Gasteiger partial charge in [-0.15, -0.1) is 0 Å². The first-order valence-electron chi connectivity index (χ1n) is 16.1. The average molecular weight is 556 g/mol. The highest BCUT2D eigenvalue weighted by atomic mass is 16.3. The Bertz CT molecular complexity index is 584. The summed E-state index contributed by atoms with van der Waals surface area (Å²) in [6.45, 7) is 6.42. The van der Waals surface area contributed by atoms with Crippen LogP contribution in [0.2, 0.25) is 0 Å². The fourth-order valence-corrected chi connectivity index (χ4v) is 4.82. The molecule has 0 saturated carbocycles. The van der Waals surface area contributed by atoms with Gasteiger partial charge in [-0.25, -0.2) is 0 Å². The lowest BCUT2D eigenvalue weighted by molar-refractivity contribution is -0.893. The highest BCUT2D eigenvalue weighted by Crippen LogP contribution is 2.11. The Morgan fingerprint density at radius 3 is 2.03 bits per heavy atom. The van der Waals surface area contributed by atoms with Gasteiger partial charge in [0.15, 0.2) is 0 Å². The van der Waals surface area contributed by atoms with Crippen molar-refractivity contribution in [1.29, 1.82) is 0 Å². The Morgan fingerprint density at radius 2 is 1.41 bits per heavy atom. The highest BCUT2D eigenvalue weighted by molar-refractivity contribution is 5.75. The smallest absolute Gasteiger partial charge is 0.219 e. The molecule has 232 valence electrons. The molecule has 4 N–H and O–H groups in total. The van der Waals surface area contributed by atoms with Crippen molar-refractivity contribution in [2.24, 2.45) is 0 Å². The van der Waals surface area contributed by atoms with Gasteiger partial charge in [0, 0.05) is 19.4 Å². The minimum Gasteiger partial charge on any atom is -0.387 e. The van der Waals surface area contributed by atoms with E-state index in [0.717, 1.165) is 82.2 Å². The van der Waals surface area contributed by atoms with Crippen molar-refractivity contribution in [2.45, 2.75) is 128 Å². The van der Waals surface area contributed by atoms with Crippen LogP contribution in [-0.2, 0) is 4.79 Å². The van der Waals surface area contributed by atoms with Crippen LogP contribution in [0.1, 0.15) is 116 Å². The highest BCUT2D eigenvalue weighted by Gasteiger charge is 2.18. The Hall–Kier alpha value is -0.990. The number of rotatable bonds is 28. The van der Waals surface area contributed by atoms with Crippen LogP contribution in [0.5, 0.6) is 0 Å². The molecule has 0 spiro atoms. The van der Waals surface area contributed by atoms with Gasteiger partial charge in [-0.2, -0.15) is 0 Å². The van der Waals surface area contributed by atoms with Gasteiger partial charge in [-0.3, -0.25) is 10.1 Å². The second-order valence-corrected chi connectivity index (χ2v) is 12.4. The van der Waals surface area contributed by atoms with Gasteiger partial charge in [0.05, 0.1) is 20.6 Å². The Kier molecular flexibility index (Phi) is 25.3. The summed E-state index contributed by atoms with van der Waals surface area (Å²) >= 11 is 0. The van der Waals surface area contributed by atoms with Gasteiger partial charge in [-0.05, 0) is 85.0 Å². The number of likely N-dealkylation sites (N-methyl/N-ethyl adjacent to an activating group) is 1. The Labute approximate surface area is 242 Å². The maximum Gasteiger partial charge on any atom is 0.219 e. The number of nitrogens with one attached hydrogen (secondary N) is 2. The van der Waals surface area contributed by atoms with Crippen LogP contribution < -0.4 is 10.6 Å². The van der Waals surface area contributed by atoms with E-state index in [-0.39, 0.29) is 18.2 Å². The number of allylic oxidation sites excluding steroid dienone is 2. The number of aliphatic hydroxyl groups excluding tert-OH is 2. The SMILES string of the molecule is CCC(O)C[N+](C)(C)CCCNC(=O)CCCCCCC/C=C/CCCCCCCC(O)NCCCN(C)C. The monoisotopic (exact) mass is 556 g/mol. The maximum atomic E-state index is 12.0. The van der Waals surface area contributed by atoms with Crippen molar-refractivity contribution in [3.63, 3.8) is 0 Å². The number of amides is 1. The van der Waals surface area contributed by atoms with E-state index >= 15 is 0 Å². The van der Waals surface area contributed by atoms with Gasteiger partial charge in [0.1, 0.15) is 18.9 Å². The molecule has 7 nitrogen and oxygen atoms in total. The zero-order chi connectivity index (χ0) is 29.2. The summed E-state index contributed by atoms with van der Waals surface area (Å²) in [5.74, 6) is 0.178. The molecule has 0 fully saturated rings. The number of nitrogens with zero attached hydrogens (tertiary/aromatic N) is 2. The summed E-state index contributed by atoms with van der Waals surface area (Å²) < 4.78 is 0.795. The van der Waals surface area contributed by atoms with E-state index in [4.69, 9.17) is 0 Å². The van der Waals surface area contributed by atoms with E-state index < -0.39 is 0 Å². The quantitative estimate of drug-likeness (QED) is 0.0461. The maximum absolute atomic E-state index is 12.0. The second kappa shape index (κ2) is 25.9. The zero-order valence-electron chi connectivity index (χ0n) is 26.6. The summed E-state index contributed by atoms with van der Waals surface area (Å²) in [7, 11) is 8.44. The number of hydrogen-bond donors (Lipinski definition) is 4. The molecule has 2 atom stereocenters. The van der Waals surface area contributed by atoms with Crippen LogP contribution >= 0.6 is 0 Å². The molecule has 0 aromatic rings. The van der Waals surface area contributed by atoms with Gasteiger partial charge in [-0.1, -0.05) is 57.6 Å². The summed E-state index contributed by atoms with van der Waals surface area (Å²) in [5.41, 5.74) is 0. The van der Waals surface area contributed by atoms with Crippen molar-refractivity contribution in [3.05, 3.63) is 12.2 Å². The van der Waals surface area contributed by atoms with Crippen LogP contribution in [-0.4, -0.2) is 98.7 Å². The largest absolute Gasteiger partial charge is 0.387 e.